The lowest BCUT2D eigenvalue weighted by Gasteiger charge is -2.24. The predicted octanol–water partition coefficient (Wildman–Crippen LogP) is 2.26. The molecule has 1 amide bonds. The number of carbonyl (C=O) groups is 2. The van der Waals surface area contributed by atoms with Gasteiger partial charge in [-0.05, 0) is 32.4 Å². The van der Waals surface area contributed by atoms with Gasteiger partial charge in [0.15, 0.2) is 0 Å². The van der Waals surface area contributed by atoms with Crippen molar-refractivity contribution >= 4 is 11.9 Å². The Bertz CT molecular complexity index is 527. The summed E-state index contributed by atoms with van der Waals surface area (Å²) in [7, 11) is 0. The summed E-state index contributed by atoms with van der Waals surface area (Å²) in [5.41, 5.74) is -1.20. The van der Waals surface area contributed by atoms with Gasteiger partial charge in [-0.3, -0.25) is 9.59 Å². The number of amides is 1. The van der Waals surface area contributed by atoms with Crippen LogP contribution in [-0.2, 0) is 4.79 Å². The molecule has 0 atom stereocenters. The van der Waals surface area contributed by atoms with E-state index >= 15 is 0 Å². The summed E-state index contributed by atoms with van der Waals surface area (Å²) in [6.45, 7) is 4.43. The number of hydrogen-bond acceptors (Lipinski definition) is 2. The molecule has 4 nitrogen and oxygen atoms in total. The van der Waals surface area contributed by atoms with Gasteiger partial charge in [0.25, 0.3) is 5.91 Å². The molecule has 0 heterocycles. The second-order valence-corrected chi connectivity index (χ2v) is 4.99. The maximum Gasteiger partial charge on any atom is 0.305 e. The highest BCUT2D eigenvalue weighted by Crippen LogP contribution is 2.16. The predicted molar refractivity (Wildman–Crippen MR) is 64.9 cm³/mol. The molecule has 0 saturated carbocycles. The molecule has 0 aromatic heterocycles. The Kier molecular flexibility index (Phi) is 4.24. The number of carboxylic acids is 1. The lowest BCUT2D eigenvalue weighted by molar-refractivity contribution is -0.138. The van der Waals surface area contributed by atoms with Crippen LogP contribution in [0.2, 0.25) is 0 Å². The van der Waals surface area contributed by atoms with Crippen LogP contribution in [0.15, 0.2) is 12.1 Å². The van der Waals surface area contributed by atoms with Crippen molar-refractivity contribution in [2.24, 2.45) is 0 Å². The van der Waals surface area contributed by atoms with E-state index < -0.39 is 29.0 Å². The van der Waals surface area contributed by atoms with E-state index in [0.29, 0.717) is 6.07 Å². The molecule has 2 N–H and O–H groups in total. The van der Waals surface area contributed by atoms with Gasteiger partial charge in [-0.2, -0.15) is 0 Å². The topological polar surface area (TPSA) is 66.4 Å². The van der Waals surface area contributed by atoms with Crippen LogP contribution in [0.25, 0.3) is 0 Å². The number of carbonyl (C=O) groups excluding carboxylic acids is 1. The van der Waals surface area contributed by atoms with Crippen molar-refractivity contribution in [1.82, 2.24) is 5.32 Å². The highest BCUT2D eigenvalue weighted by Gasteiger charge is 2.26. The van der Waals surface area contributed by atoms with Crippen molar-refractivity contribution in [3.8, 4) is 0 Å². The standard InChI is InChI=1S/C13H15F2NO3/c1-7-4-8(10(15)5-9(7)14)12(19)16-13(2,3)6-11(17)18/h4-5H,6H2,1-3H3,(H,16,19)(H,17,18). The first-order valence-electron chi connectivity index (χ1n) is 5.62. The Labute approximate surface area is 109 Å². The van der Waals surface area contributed by atoms with E-state index in [0.717, 1.165) is 6.07 Å². The first kappa shape index (κ1) is 15.1. The zero-order chi connectivity index (χ0) is 14.8. The molecule has 0 aliphatic heterocycles. The molecular weight excluding hydrogens is 256 g/mol. The monoisotopic (exact) mass is 271 g/mol. The van der Waals surface area contributed by atoms with E-state index in [1.54, 1.807) is 0 Å². The minimum absolute atomic E-state index is 0.141. The van der Waals surface area contributed by atoms with Gasteiger partial charge in [-0.25, -0.2) is 8.78 Å². The number of benzene rings is 1. The Morgan fingerprint density at radius 3 is 2.37 bits per heavy atom. The molecule has 0 saturated heterocycles. The van der Waals surface area contributed by atoms with Crippen LogP contribution in [0.4, 0.5) is 8.78 Å². The summed E-state index contributed by atoms with van der Waals surface area (Å²) in [5.74, 6) is -3.57. The molecule has 19 heavy (non-hydrogen) atoms. The molecule has 0 aliphatic rings. The molecule has 0 aliphatic carbocycles. The van der Waals surface area contributed by atoms with Crippen molar-refractivity contribution in [3.05, 3.63) is 34.9 Å². The average Bonchev–Trinajstić information content (AvgIpc) is 2.20. The SMILES string of the molecule is Cc1cc(C(=O)NC(C)(C)CC(=O)O)c(F)cc1F. The second-order valence-electron chi connectivity index (χ2n) is 4.99. The largest absolute Gasteiger partial charge is 0.481 e. The van der Waals surface area contributed by atoms with Gasteiger partial charge in [-0.15, -0.1) is 0 Å². The number of rotatable bonds is 4. The van der Waals surface area contributed by atoms with E-state index in [1.807, 2.05) is 0 Å². The third-order valence-electron chi connectivity index (χ3n) is 2.54. The van der Waals surface area contributed by atoms with E-state index in [9.17, 15) is 18.4 Å². The van der Waals surface area contributed by atoms with Gasteiger partial charge in [0.2, 0.25) is 0 Å². The fourth-order valence-electron chi connectivity index (χ4n) is 1.63. The van der Waals surface area contributed by atoms with Crippen LogP contribution < -0.4 is 5.32 Å². The van der Waals surface area contributed by atoms with Crippen LogP contribution in [0.3, 0.4) is 0 Å². The number of halogens is 2. The summed E-state index contributed by atoms with van der Waals surface area (Å²) >= 11 is 0. The van der Waals surface area contributed by atoms with Crippen molar-refractivity contribution in [3.63, 3.8) is 0 Å². The smallest absolute Gasteiger partial charge is 0.305 e. The summed E-state index contributed by atoms with van der Waals surface area (Å²) in [6, 6.07) is 1.73. The van der Waals surface area contributed by atoms with E-state index in [-0.39, 0.29) is 17.5 Å². The molecule has 0 unspecified atom stereocenters. The quantitative estimate of drug-likeness (QED) is 0.882. The number of aryl methyl sites for hydroxylation is 1. The molecule has 1 rings (SSSR count). The zero-order valence-electron chi connectivity index (χ0n) is 10.9. The van der Waals surface area contributed by atoms with Gasteiger partial charge < -0.3 is 10.4 Å². The lowest BCUT2D eigenvalue weighted by atomic mass is 9.99. The molecule has 0 bridgehead atoms. The molecular formula is C13H15F2NO3. The molecule has 6 heteroatoms. The number of hydrogen-bond donors (Lipinski definition) is 2. The third kappa shape index (κ3) is 4.01. The van der Waals surface area contributed by atoms with Crippen LogP contribution in [0, 0.1) is 18.6 Å². The zero-order valence-corrected chi connectivity index (χ0v) is 10.9. The molecule has 1 aromatic rings. The Morgan fingerprint density at radius 2 is 1.84 bits per heavy atom. The molecule has 1 aromatic carbocycles. The van der Waals surface area contributed by atoms with Crippen molar-refractivity contribution in [2.75, 3.05) is 0 Å². The molecule has 104 valence electrons. The van der Waals surface area contributed by atoms with Gasteiger partial charge in [0.05, 0.1) is 12.0 Å². The maximum atomic E-state index is 13.5. The van der Waals surface area contributed by atoms with Crippen LogP contribution in [0.5, 0.6) is 0 Å². The van der Waals surface area contributed by atoms with Crippen molar-refractivity contribution < 1.29 is 23.5 Å². The Morgan fingerprint density at radius 1 is 1.26 bits per heavy atom. The number of carboxylic acid groups (broad SMARTS) is 1. The van der Waals surface area contributed by atoms with Crippen LogP contribution in [-0.4, -0.2) is 22.5 Å². The molecule has 0 spiro atoms. The highest BCUT2D eigenvalue weighted by molar-refractivity contribution is 5.95. The summed E-state index contributed by atoms with van der Waals surface area (Å²) in [5, 5.41) is 11.1. The van der Waals surface area contributed by atoms with Crippen LogP contribution >= 0.6 is 0 Å². The number of aliphatic carboxylic acids is 1. The highest BCUT2D eigenvalue weighted by atomic mass is 19.1. The fourth-order valence-corrected chi connectivity index (χ4v) is 1.63. The van der Waals surface area contributed by atoms with Gasteiger partial charge in [0, 0.05) is 11.6 Å². The summed E-state index contributed by atoms with van der Waals surface area (Å²) in [6.07, 6.45) is -0.305. The minimum Gasteiger partial charge on any atom is -0.481 e. The van der Waals surface area contributed by atoms with Crippen LogP contribution in [0.1, 0.15) is 36.2 Å². The Balaban J connectivity index is 2.96. The molecule has 0 radical (unpaired) electrons. The summed E-state index contributed by atoms with van der Waals surface area (Å²) < 4.78 is 26.6. The van der Waals surface area contributed by atoms with Crippen molar-refractivity contribution in [1.29, 1.82) is 0 Å². The maximum absolute atomic E-state index is 13.5. The van der Waals surface area contributed by atoms with E-state index in [2.05, 4.69) is 5.32 Å². The van der Waals surface area contributed by atoms with Gasteiger partial charge in [0.1, 0.15) is 11.6 Å². The van der Waals surface area contributed by atoms with E-state index in [1.165, 1.54) is 20.8 Å². The molecule has 0 fully saturated rings. The normalized spacial score (nSPS) is 11.2. The van der Waals surface area contributed by atoms with Crippen molar-refractivity contribution in [2.45, 2.75) is 32.7 Å². The fraction of sp³-hybridized carbons (Fsp3) is 0.385. The lowest BCUT2D eigenvalue weighted by Crippen LogP contribution is -2.45. The first-order chi connectivity index (χ1) is 8.62. The third-order valence-corrected chi connectivity index (χ3v) is 2.54. The van der Waals surface area contributed by atoms with Gasteiger partial charge >= 0.3 is 5.97 Å². The first-order valence-corrected chi connectivity index (χ1v) is 5.62. The average molecular weight is 271 g/mol. The van der Waals surface area contributed by atoms with E-state index in [4.69, 9.17) is 5.11 Å². The minimum atomic E-state index is -1.08. The van der Waals surface area contributed by atoms with Gasteiger partial charge in [-0.1, -0.05) is 0 Å². The number of nitrogens with one attached hydrogen (secondary N) is 1. The second kappa shape index (κ2) is 5.34. The Hall–Kier alpha value is -1.98. The summed E-state index contributed by atoms with van der Waals surface area (Å²) in [4.78, 5) is 22.5.